The van der Waals surface area contributed by atoms with Crippen molar-refractivity contribution in [1.29, 1.82) is 0 Å². The van der Waals surface area contributed by atoms with Crippen LogP contribution in [0.25, 0.3) is 5.69 Å². The summed E-state index contributed by atoms with van der Waals surface area (Å²) in [5, 5.41) is 4.52. The number of carbonyl (C=O) groups is 1. The summed E-state index contributed by atoms with van der Waals surface area (Å²) in [6.07, 6.45) is 4.31. The summed E-state index contributed by atoms with van der Waals surface area (Å²) in [6.45, 7) is 7.09. The van der Waals surface area contributed by atoms with Gasteiger partial charge in [0.15, 0.2) is 5.69 Å². The fraction of sp³-hybridized carbons (Fsp3) is 0.524. The second kappa shape index (κ2) is 8.35. The molecule has 1 amide bonds. The maximum absolute atomic E-state index is 13.0. The molecule has 0 unspecified atom stereocenters. The van der Waals surface area contributed by atoms with Gasteiger partial charge in [-0.05, 0) is 64.2 Å². The smallest absolute Gasteiger partial charge is 0.274 e. The molecule has 1 atom stereocenters. The van der Waals surface area contributed by atoms with Crippen molar-refractivity contribution in [2.24, 2.45) is 0 Å². The quantitative estimate of drug-likeness (QED) is 0.728. The summed E-state index contributed by atoms with van der Waals surface area (Å²) < 4.78 is 2.75. The minimum atomic E-state index is 0.0311. The number of hydrogen-bond acceptors (Lipinski definition) is 4. The van der Waals surface area contributed by atoms with Crippen molar-refractivity contribution in [3.05, 3.63) is 46.7 Å². The molecule has 1 aromatic heterocycles. The lowest BCUT2D eigenvalue weighted by Crippen LogP contribution is -2.58. The Morgan fingerprint density at radius 2 is 1.93 bits per heavy atom. The van der Waals surface area contributed by atoms with Crippen LogP contribution < -0.4 is 0 Å². The first-order valence-corrected chi connectivity index (χ1v) is 10.9. The molecular formula is C21H28BrN5O. The van der Waals surface area contributed by atoms with Gasteiger partial charge < -0.3 is 9.80 Å². The number of rotatable bonds is 3. The highest BCUT2D eigenvalue weighted by molar-refractivity contribution is 9.10. The lowest BCUT2D eigenvalue weighted by atomic mass is 10.00. The largest absolute Gasteiger partial charge is 0.334 e. The van der Waals surface area contributed by atoms with Crippen LogP contribution in [0.4, 0.5) is 0 Å². The van der Waals surface area contributed by atoms with Crippen LogP contribution in [0.5, 0.6) is 0 Å². The van der Waals surface area contributed by atoms with E-state index in [0.717, 1.165) is 29.8 Å². The molecule has 28 heavy (non-hydrogen) atoms. The summed E-state index contributed by atoms with van der Waals surface area (Å²) >= 11 is 3.48. The van der Waals surface area contributed by atoms with E-state index >= 15 is 0 Å². The molecule has 0 saturated carbocycles. The molecule has 2 fully saturated rings. The van der Waals surface area contributed by atoms with E-state index in [2.05, 4.69) is 44.8 Å². The van der Waals surface area contributed by atoms with E-state index in [1.807, 2.05) is 41.4 Å². The molecule has 6 nitrogen and oxygen atoms in total. The molecule has 2 aromatic rings. The molecule has 2 aliphatic heterocycles. The van der Waals surface area contributed by atoms with E-state index in [1.165, 1.54) is 25.9 Å². The normalized spacial score (nSPS) is 22.5. The number of likely N-dealkylation sites (tertiary alicyclic amines) is 1. The minimum Gasteiger partial charge on any atom is -0.334 e. The number of piperidine rings is 1. The van der Waals surface area contributed by atoms with Crippen molar-refractivity contribution >= 4 is 21.8 Å². The summed E-state index contributed by atoms with van der Waals surface area (Å²) in [6, 6.07) is 10.8. The van der Waals surface area contributed by atoms with Crippen LogP contribution >= 0.6 is 15.9 Å². The number of benzene rings is 1. The van der Waals surface area contributed by atoms with Gasteiger partial charge in [0.1, 0.15) is 0 Å². The fourth-order valence-corrected chi connectivity index (χ4v) is 4.77. The highest BCUT2D eigenvalue weighted by Crippen LogP contribution is 2.22. The predicted octanol–water partition coefficient (Wildman–Crippen LogP) is 2.88. The van der Waals surface area contributed by atoms with Crippen LogP contribution in [0, 0.1) is 0 Å². The fourth-order valence-electron chi connectivity index (χ4n) is 4.39. The topological polar surface area (TPSA) is 44.6 Å². The van der Waals surface area contributed by atoms with Crippen molar-refractivity contribution in [3.8, 4) is 5.69 Å². The van der Waals surface area contributed by atoms with Crippen molar-refractivity contribution < 1.29 is 4.79 Å². The molecule has 0 spiro atoms. The lowest BCUT2D eigenvalue weighted by molar-refractivity contribution is 0.0224. The predicted molar refractivity (Wildman–Crippen MR) is 114 cm³/mol. The Morgan fingerprint density at radius 3 is 2.64 bits per heavy atom. The van der Waals surface area contributed by atoms with Crippen LogP contribution in [0.15, 0.2) is 41.0 Å². The molecule has 1 aromatic carbocycles. The molecule has 0 radical (unpaired) electrons. The Kier molecular flexibility index (Phi) is 5.85. The van der Waals surface area contributed by atoms with Crippen molar-refractivity contribution in [2.75, 3.05) is 39.8 Å². The van der Waals surface area contributed by atoms with Crippen LogP contribution in [-0.4, -0.2) is 82.2 Å². The van der Waals surface area contributed by atoms with Gasteiger partial charge in [-0.25, -0.2) is 4.68 Å². The average Bonchev–Trinajstić information content (AvgIpc) is 3.18. The van der Waals surface area contributed by atoms with Gasteiger partial charge in [-0.15, -0.1) is 0 Å². The first kappa shape index (κ1) is 19.6. The molecule has 0 aliphatic carbocycles. The summed E-state index contributed by atoms with van der Waals surface area (Å²) in [5.41, 5.74) is 1.45. The van der Waals surface area contributed by atoms with E-state index in [4.69, 9.17) is 0 Å². The zero-order valence-electron chi connectivity index (χ0n) is 16.6. The van der Waals surface area contributed by atoms with Gasteiger partial charge in [-0.3, -0.25) is 9.69 Å². The third kappa shape index (κ3) is 4.16. The maximum atomic E-state index is 13.0. The second-order valence-electron chi connectivity index (χ2n) is 8.00. The van der Waals surface area contributed by atoms with Gasteiger partial charge in [0, 0.05) is 42.4 Å². The number of amides is 1. The van der Waals surface area contributed by atoms with E-state index in [1.54, 1.807) is 4.68 Å². The molecule has 4 rings (SSSR count). The number of piperazine rings is 1. The van der Waals surface area contributed by atoms with Gasteiger partial charge >= 0.3 is 0 Å². The lowest BCUT2D eigenvalue weighted by Gasteiger charge is -2.46. The van der Waals surface area contributed by atoms with E-state index in [0.29, 0.717) is 17.8 Å². The van der Waals surface area contributed by atoms with Crippen molar-refractivity contribution in [1.82, 2.24) is 24.5 Å². The van der Waals surface area contributed by atoms with Crippen molar-refractivity contribution in [3.63, 3.8) is 0 Å². The van der Waals surface area contributed by atoms with Gasteiger partial charge in [-0.1, -0.05) is 22.0 Å². The molecule has 2 aliphatic rings. The summed E-state index contributed by atoms with van der Waals surface area (Å²) in [7, 11) is 2.20. The molecule has 150 valence electrons. The molecule has 3 heterocycles. The number of halogens is 1. The maximum Gasteiger partial charge on any atom is 0.274 e. The standard InChI is InChI=1S/C21H28BrN5O/c1-16-15-25(12-13-26(16)18-6-9-24(2)10-7-18)21(28)20-8-11-27(23-20)19-5-3-4-17(22)14-19/h3-5,8,11,14,16,18H,6-7,9-10,12-13,15H2,1-2H3/t16-/m1/s1. The zero-order chi connectivity index (χ0) is 19.7. The first-order valence-electron chi connectivity index (χ1n) is 10.1. The van der Waals surface area contributed by atoms with Gasteiger partial charge in [-0.2, -0.15) is 5.10 Å². The summed E-state index contributed by atoms with van der Waals surface area (Å²) in [4.78, 5) is 20.0. The Balaban J connectivity index is 1.40. The van der Waals surface area contributed by atoms with Crippen LogP contribution in [-0.2, 0) is 0 Å². The highest BCUT2D eigenvalue weighted by Gasteiger charge is 2.33. The van der Waals surface area contributed by atoms with Crippen LogP contribution in [0.1, 0.15) is 30.3 Å². The van der Waals surface area contributed by atoms with Gasteiger partial charge in [0.2, 0.25) is 0 Å². The Hall–Kier alpha value is -1.70. The Bertz CT molecular complexity index is 830. The number of carbonyl (C=O) groups excluding carboxylic acids is 1. The van der Waals surface area contributed by atoms with E-state index < -0.39 is 0 Å². The second-order valence-corrected chi connectivity index (χ2v) is 8.91. The number of aromatic nitrogens is 2. The molecule has 2 saturated heterocycles. The van der Waals surface area contributed by atoms with Gasteiger partial charge in [0.25, 0.3) is 5.91 Å². The van der Waals surface area contributed by atoms with Gasteiger partial charge in [0.05, 0.1) is 5.69 Å². The average molecular weight is 446 g/mol. The van der Waals surface area contributed by atoms with Crippen LogP contribution in [0.2, 0.25) is 0 Å². The zero-order valence-corrected chi connectivity index (χ0v) is 18.2. The number of hydrogen-bond donors (Lipinski definition) is 0. The Morgan fingerprint density at radius 1 is 1.14 bits per heavy atom. The van der Waals surface area contributed by atoms with Crippen LogP contribution in [0.3, 0.4) is 0 Å². The third-order valence-corrected chi connectivity index (χ3v) is 6.50. The summed E-state index contributed by atoms with van der Waals surface area (Å²) in [5.74, 6) is 0.0311. The molecule has 7 heteroatoms. The highest BCUT2D eigenvalue weighted by atomic mass is 79.9. The van der Waals surface area contributed by atoms with E-state index in [-0.39, 0.29) is 5.91 Å². The number of nitrogens with zero attached hydrogens (tertiary/aromatic N) is 5. The van der Waals surface area contributed by atoms with Crippen molar-refractivity contribution in [2.45, 2.75) is 31.8 Å². The monoisotopic (exact) mass is 445 g/mol. The Labute approximate surface area is 175 Å². The first-order chi connectivity index (χ1) is 13.5. The molecular weight excluding hydrogens is 418 g/mol. The molecule has 0 bridgehead atoms. The minimum absolute atomic E-state index is 0.0311. The SMILES string of the molecule is C[C@@H]1CN(C(=O)c2ccn(-c3cccc(Br)c3)n2)CCN1C1CCN(C)CC1. The van der Waals surface area contributed by atoms with E-state index in [9.17, 15) is 4.79 Å². The third-order valence-electron chi connectivity index (χ3n) is 6.00. The molecule has 0 N–H and O–H groups in total.